The summed E-state index contributed by atoms with van der Waals surface area (Å²) in [6, 6.07) is 14.9. The molecule has 7 nitrogen and oxygen atoms in total. The average molecular weight is 413 g/mol. The van der Waals surface area contributed by atoms with Gasteiger partial charge < -0.3 is 5.11 Å². The summed E-state index contributed by atoms with van der Waals surface area (Å²) in [4.78, 5) is 16.8. The molecule has 0 radical (unpaired) electrons. The number of nitrogens with one attached hydrogen (secondary N) is 1. The van der Waals surface area contributed by atoms with Crippen LogP contribution in [-0.4, -0.2) is 28.7 Å². The Morgan fingerprint density at radius 2 is 1.82 bits per heavy atom. The predicted octanol–water partition coefficient (Wildman–Crippen LogP) is 3.21. The lowest BCUT2D eigenvalue weighted by molar-refractivity contribution is -0.113. The van der Waals surface area contributed by atoms with Crippen molar-refractivity contribution in [2.75, 3.05) is 5.32 Å². The molecule has 3 aromatic rings. The van der Waals surface area contributed by atoms with Crippen LogP contribution < -0.4 is 5.32 Å². The Kier molecular flexibility index (Phi) is 4.62. The Hall–Kier alpha value is -3.17. The summed E-state index contributed by atoms with van der Waals surface area (Å²) in [6.07, 6.45) is 1.52. The van der Waals surface area contributed by atoms with E-state index >= 15 is 0 Å². The van der Waals surface area contributed by atoms with Crippen LogP contribution in [-0.2, 0) is 21.4 Å². The van der Waals surface area contributed by atoms with Gasteiger partial charge in [-0.15, -0.1) is 11.3 Å². The number of aliphatic hydroxyl groups excluding tert-OH is 1. The standard InChI is InChI=1S/C19H15N3O4S2/c23-17-14-8-4-5-9-15(14)28(25,26)22(12-13-6-2-1-3-7-13)16(17)18(24)21-19-20-10-11-27-19/h1-11,23H,12H2,(H,20,21,24). The molecule has 0 unspecified atom stereocenters. The topological polar surface area (TPSA) is 99.6 Å². The number of anilines is 1. The number of sulfonamides is 1. The van der Waals surface area contributed by atoms with Crippen LogP contribution >= 0.6 is 11.3 Å². The highest BCUT2D eigenvalue weighted by molar-refractivity contribution is 7.89. The summed E-state index contributed by atoms with van der Waals surface area (Å²) < 4.78 is 27.5. The molecule has 1 aliphatic heterocycles. The molecule has 0 spiro atoms. The number of aromatic nitrogens is 1. The number of hydrogen-bond donors (Lipinski definition) is 2. The van der Waals surface area contributed by atoms with Gasteiger partial charge in [0.05, 0.1) is 11.4 Å². The summed E-state index contributed by atoms with van der Waals surface area (Å²) in [5, 5.41) is 15.3. The fraction of sp³-hybridized carbons (Fsp3) is 0.0526. The lowest BCUT2D eigenvalue weighted by atomic mass is 10.1. The van der Waals surface area contributed by atoms with E-state index in [1.54, 1.807) is 41.8 Å². The third kappa shape index (κ3) is 3.14. The SMILES string of the molecule is O=C(Nc1nccs1)C1=C(O)c2ccccc2S(=O)(=O)N1Cc1ccccc1. The molecule has 1 aromatic heterocycles. The zero-order valence-corrected chi connectivity index (χ0v) is 16.1. The highest BCUT2D eigenvalue weighted by Crippen LogP contribution is 2.37. The molecule has 0 aliphatic carbocycles. The normalized spacial score (nSPS) is 15.2. The first-order chi connectivity index (χ1) is 13.5. The molecule has 9 heteroatoms. The number of nitrogens with zero attached hydrogens (tertiary/aromatic N) is 2. The Morgan fingerprint density at radius 1 is 1.11 bits per heavy atom. The minimum atomic E-state index is -4.05. The average Bonchev–Trinajstić information content (AvgIpc) is 3.20. The first kappa shape index (κ1) is 18.2. The number of carbonyl (C=O) groups is 1. The highest BCUT2D eigenvalue weighted by Gasteiger charge is 2.40. The molecule has 4 rings (SSSR count). The van der Waals surface area contributed by atoms with Gasteiger partial charge in [0.15, 0.2) is 16.6 Å². The molecular formula is C19H15N3O4S2. The highest BCUT2D eigenvalue weighted by atomic mass is 32.2. The number of thiazole rings is 1. The van der Waals surface area contributed by atoms with Gasteiger partial charge in [0.2, 0.25) is 0 Å². The molecule has 0 saturated carbocycles. The second-order valence-electron chi connectivity index (χ2n) is 5.98. The van der Waals surface area contributed by atoms with Crippen molar-refractivity contribution in [1.82, 2.24) is 9.29 Å². The molecule has 0 bridgehead atoms. The van der Waals surface area contributed by atoms with E-state index in [4.69, 9.17) is 0 Å². The monoisotopic (exact) mass is 413 g/mol. The van der Waals surface area contributed by atoms with Crippen LogP contribution in [0.1, 0.15) is 11.1 Å². The van der Waals surface area contributed by atoms with Crippen molar-refractivity contribution in [3.05, 3.63) is 83.0 Å². The van der Waals surface area contributed by atoms with Crippen molar-refractivity contribution >= 4 is 38.2 Å². The third-order valence-electron chi connectivity index (χ3n) is 4.22. The van der Waals surface area contributed by atoms with Crippen LogP contribution in [0.2, 0.25) is 0 Å². The first-order valence-corrected chi connectivity index (χ1v) is 10.6. The summed E-state index contributed by atoms with van der Waals surface area (Å²) >= 11 is 1.19. The molecule has 1 aliphatic rings. The van der Waals surface area contributed by atoms with E-state index in [0.717, 1.165) is 4.31 Å². The van der Waals surface area contributed by atoms with Crippen LogP contribution in [0.5, 0.6) is 0 Å². The molecule has 0 atom stereocenters. The van der Waals surface area contributed by atoms with Crippen molar-refractivity contribution in [3.8, 4) is 0 Å². The number of rotatable bonds is 4. The molecule has 2 N–H and O–H groups in total. The van der Waals surface area contributed by atoms with Gasteiger partial charge in [-0.2, -0.15) is 0 Å². The zero-order valence-electron chi connectivity index (χ0n) is 14.4. The van der Waals surface area contributed by atoms with Gasteiger partial charge >= 0.3 is 0 Å². The van der Waals surface area contributed by atoms with E-state index in [2.05, 4.69) is 10.3 Å². The minimum absolute atomic E-state index is 0.0470. The summed E-state index contributed by atoms with van der Waals surface area (Å²) in [5.74, 6) is -1.14. The van der Waals surface area contributed by atoms with Gasteiger partial charge in [-0.25, -0.2) is 13.4 Å². The molecule has 142 valence electrons. The van der Waals surface area contributed by atoms with E-state index in [1.165, 1.54) is 29.7 Å². The maximum atomic E-state index is 13.3. The van der Waals surface area contributed by atoms with Crippen molar-refractivity contribution in [2.24, 2.45) is 0 Å². The minimum Gasteiger partial charge on any atom is -0.505 e. The Morgan fingerprint density at radius 3 is 2.54 bits per heavy atom. The van der Waals surface area contributed by atoms with Gasteiger partial charge in [0.1, 0.15) is 0 Å². The van der Waals surface area contributed by atoms with Gasteiger partial charge in [-0.3, -0.25) is 14.4 Å². The van der Waals surface area contributed by atoms with Gasteiger partial charge in [0.25, 0.3) is 15.9 Å². The number of benzene rings is 2. The van der Waals surface area contributed by atoms with E-state index in [0.29, 0.717) is 10.7 Å². The molecule has 0 saturated heterocycles. The van der Waals surface area contributed by atoms with E-state index in [-0.39, 0.29) is 22.7 Å². The number of hydrogen-bond acceptors (Lipinski definition) is 6. The number of fused-ring (bicyclic) bond motifs is 1. The van der Waals surface area contributed by atoms with E-state index < -0.39 is 21.7 Å². The summed E-state index contributed by atoms with van der Waals surface area (Å²) in [6.45, 7) is -0.0950. The van der Waals surface area contributed by atoms with Crippen molar-refractivity contribution in [2.45, 2.75) is 11.4 Å². The van der Waals surface area contributed by atoms with Crippen LogP contribution in [0.25, 0.3) is 5.76 Å². The zero-order chi connectivity index (χ0) is 19.7. The van der Waals surface area contributed by atoms with E-state index in [9.17, 15) is 18.3 Å². The lowest BCUT2D eigenvalue weighted by Gasteiger charge is -2.31. The van der Waals surface area contributed by atoms with Crippen LogP contribution in [0.3, 0.4) is 0 Å². The Labute approximate surface area is 165 Å². The number of aliphatic hydroxyl groups is 1. The summed E-state index contributed by atoms with van der Waals surface area (Å²) in [7, 11) is -4.05. The van der Waals surface area contributed by atoms with Crippen molar-refractivity contribution in [1.29, 1.82) is 0 Å². The van der Waals surface area contributed by atoms with E-state index in [1.807, 2.05) is 6.07 Å². The quantitative estimate of drug-likeness (QED) is 0.684. The fourth-order valence-electron chi connectivity index (χ4n) is 2.95. The predicted molar refractivity (Wildman–Crippen MR) is 106 cm³/mol. The van der Waals surface area contributed by atoms with Crippen LogP contribution in [0.15, 0.2) is 76.8 Å². The van der Waals surface area contributed by atoms with Crippen LogP contribution in [0, 0.1) is 0 Å². The third-order valence-corrected chi connectivity index (χ3v) is 6.71. The Bertz CT molecular complexity index is 1160. The number of carbonyl (C=O) groups excluding carboxylic acids is 1. The second-order valence-corrected chi connectivity index (χ2v) is 8.71. The largest absolute Gasteiger partial charge is 0.505 e. The molecule has 28 heavy (non-hydrogen) atoms. The smallest absolute Gasteiger partial charge is 0.278 e. The molecular weight excluding hydrogens is 398 g/mol. The lowest BCUT2D eigenvalue weighted by Crippen LogP contribution is -2.39. The van der Waals surface area contributed by atoms with Gasteiger partial charge in [-0.05, 0) is 17.7 Å². The van der Waals surface area contributed by atoms with Gasteiger partial charge in [0, 0.05) is 17.1 Å². The Balaban J connectivity index is 1.85. The summed E-state index contributed by atoms with van der Waals surface area (Å²) in [5.41, 5.74) is 0.437. The molecule has 0 fully saturated rings. The van der Waals surface area contributed by atoms with Gasteiger partial charge in [-0.1, -0.05) is 42.5 Å². The maximum Gasteiger partial charge on any atom is 0.278 e. The second kappa shape index (κ2) is 7.10. The molecule has 2 aromatic carbocycles. The number of amides is 1. The van der Waals surface area contributed by atoms with Crippen molar-refractivity contribution < 1.29 is 18.3 Å². The maximum absolute atomic E-state index is 13.3. The fourth-order valence-corrected chi connectivity index (χ4v) is 5.13. The molecule has 1 amide bonds. The first-order valence-electron chi connectivity index (χ1n) is 8.28. The molecule has 2 heterocycles. The van der Waals surface area contributed by atoms with Crippen molar-refractivity contribution in [3.63, 3.8) is 0 Å². The van der Waals surface area contributed by atoms with Crippen LogP contribution in [0.4, 0.5) is 5.13 Å².